The van der Waals surface area contributed by atoms with Crippen molar-refractivity contribution in [1.82, 2.24) is 4.98 Å². The van der Waals surface area contributed by atoms with Crippen LogP contribution in [0.3, 0.4) is 0 Å². The van der Waals surface area contributed by atoms with E-state index in [2.05, 4.69) is 17.1 Å². The van der Waals surface area contributed by atoms with Crippen LogP contribution in [0.25, 0.3) is 10.2 Å². The highest BCUT2D eigenvalue weighted by atomic mass is 32.2. The summed E-state index contributed by atoms with van der Waals surface area (Å²) in [4.78, 5) is 5.76. The molecule has 0 saturated carbocycles. The van der Waals surface area contributed by atoms with Crippen molar-refractivity contribution in [1.29, 1.82) is 0 Å². The maximum absolute atomic E-state index is 6.11. The fraction of sp³-hybridized carbons (Fsp3) is 0.188. The van der Waals surface area contributed by atoms with Crippen molar-refractivity contribution in [2.75, 3.05) is 7.11 Å². The van der Waals surface area contributed by atoms with Crippen molar-refractivity contribution in [3.05, 3.63) is 48.0 Å². The fourth-order valence-electron chi connectivity index (χ4n) is 2.23. The Morgan fingerprint density at radius 3 is 2.71 bits per heavy atom. The highest BCUT2D eigenvalue weighted by Gasteiger charge is 2.15. The van der Waals surface area contributed by atoms with Crippen LogP contribution in [0.5, 0.6) is 5.75 Å². The summed E-state index contributed by atoms with van der Waals surface area (Å²) in [6.07, 6.45) is 0. The van der Waals surface area contributed by atoms with Crippen molar-refractivity contribution in [3.63, 3.8) is 0 Å². The highest BCUT2D eigenvalue weighted by Crippen LogP contribution is 2.40. The number of hydrogen-bond acceptors (Lipinski definition) is 5. The number of rotatable bonds is 4. The zero-order valence-electron chi connectivity index (χ0n) is 11.9. The molecule has 0 aliphatic carbocycles. The molecule has 0 saturated heterocycles. The number of nitrogens with two attached hydrogens (primary N) is 1. The quantitative estimate of drug-likeness (QED) is 0.771. The zero-order chi connectivity index (χ0) is 14.8. The molecular weight excluding hydrogens is 300 g/mol. The zero-order valence-corrected chi connectivity index (χ0v) is 13.5. The van der Waals surface area contributed by atoms with E-state index in [1.165, 1.54) is 4.70 Å². The number of nitrogens with zero attached hydrogens (tertiary/aromatic N) is 1. The molecule has 108 valence electrons. The smallest absolute Gasteiger partial charge is 0.155 e. The van der Waals surface area contributed by atoms with Gasteiger partial charge in [0.1, 0.15) is 5.75 Å². The Labute approximate surface area is 132 Å². The van der Waals surface area contributed by atoms with Gasteiger partial charge in [-0.2, -0.15) is 0 Å². The van der Waals surface area contributed by atoms with Gasteiger partial charge >= 0.3 is 0 Å². The van der Waals surface area contributed by atoms with Crippen LogP contribution in [0.15, 0.2) is 51.7 Å². The number of benzene rings is 2. The van der Waals surface area contributed by atoms with Gasteiger partial charge in [0.25, 0.3) is 0 Å². The second-order valence-corrected chi connectivity index (χ2v) is 7.03. The largest absolute Gasteiger partial charge is 0.496 e. The molecule has 1 atom stereocenters. The summed E-state index contributed by atoms with van der Waals surface area (Å²) >= 11 is 3.34. The Hall–Kier alpha value is -1.56. The van der Waals surface area contributed by atoms with Gasteiger partial charge in [0.15, 0.2) is 4.34 Å². The molecule has 0 aliphatic heterocycles. The lowest BCUT2D eigenvalue weighted by atomic mass is 10.1. The highest BCUT2D eigenvalue weighted by molar-refractivity contribution is 8.01. The fourth-order valence-corrected chi connectivity index (χ4v) is 4.51. The van der Waals surface area contributed by atoms with Gasteiger partial charge in [0.05, 0.1) is 17.3 Å². The van der Waals surface area contributed by atoms with Crippen LogP contribution >= 0.6 is 23.1 Å². The monoisotopic (exact) mass is 316 g/mol. The second kappa shape index (κ2) is 6.05. The normalized spacial score (nSPS) is 12.5. The van der Waals surface area contributed by atoms with E-state index in [4.69, 9.17) is 10.5 Å². The van der Waals surface area contributed by atoms with E-state index in [1.54, 1.807) is 30.2 Å². The molecule has 0 radical (unpaired) electrons. The van der Waals surface area contributed by atoms with Crippen LogP contribution in [0.4, 0.5) is 0 Å². The molecule has 2 aromatic carbocycles. The number of fused-ring (bicyclic) bond motifs is 1. The predicted octanol–water partition coefficient (Wildman–Crippen LogP) is 4.48. The summed E-state index contributed by atoms with van der Waals surface area (Å²) in [5.41, 5.74) is 8.18. The molecule has 2 N–H and O–H groups in total. The van der Waals surface area contributed by atoms with E-state index >= 15 is 0 Å². The van der Waals surface area contributed by atoms with Gasteiger partial charge < -0.3 is 10.5 Å². The van der Waals surface area contributed by atoms with Gasteiger partial charge in [0.2, 0.25) is 0 Å². The van der Waals surface area contributed by atoms with Crippen molar-refractivity contribution in [2.45, 2.75) is 22.2 Å². The first-order chi connectivity index (χ1) is 10.2. The average molecular weight is 316 g/mol. The van der Waals surface area contributed by atoms with E-state index < -0.39 is 0 Å². The molecule has 1 aromatic heterocycles. The standard InChI is InChI=1S/C16H16N2OS2/c1-10(17)15-12(19-2)7-5-9-14(15)21-16-18-11-6-3-4-8-13(11)20-16/h3-10H,17H2,1-2H3/t10-/m1/s1. The Morgan fingerprint density at radius 1 is 1.19 bits per heavy atom. The number of aromatic nitrogens is 1. The van der Waals surface area contributed by atoms with E-state index in [0.717, 1.165) is 26.1 Å². The molecule has 3 rings (SSSR count). The van der Waals surface area contributed by atoms with E-state index in [1.807, 2.05) is 37.3 Å². The first-order valence-electron chi connectivity index (χ1n) is 6.65. The third-order valence-electron chi connectivity index (χ3n) is 3.17. The molecule has 0 bridgehead atoms. The molecule has 0 spiro atoms. The number of thiazole rings is 1. The number of para-hydroxylation sites is 1. The van der Waals surface area contributed by atoms with Gasteiger partial charge in [-0.25, -0.2) is 4.98 Å². The average Bonchev–Trinajstić information content (AvgIpc) is 2.88. The summed E-state index contributed by atoms with van der Waals surface area (Å²) in [6.45, 7) is 1.97. The lowest BCUT2D eigenvalue weighted by Crippen LogP contribution is -2.08. The summed E-state index contributed by atoms with van der Waals surface area (Å²) in [5, 5.41) is 0. The molecule has 21 heavy (non-hydrogen) atoms. The van der Waals surface area contributed by atoms with Crippen molar-refractivity contribution in [3.8, 4) is 5.75 Å². The number of methoxy groups -OCH3 is 1. The Bertz CT molecular complexity index is 735. The lowest BCUT2D eigenvalue weighted by molar-refractivity contribution is 0.405. The van der Waals surface area contributed by atoms with Crippen LogP contribution in [-0.2, 0) is 0 Å². The van der Waals surface area contributed by atoms with E-state index in [9.17, 15) is 0 Å². The van der Waals surface area contributed by atoms with Gasteiger partial charge in [-0.05, 0) is 31.2 Å². The van der Waals surface area contributed by atoms with Gasteiger partial charge in [0, 0.05) is 16.5 Å². The minimum absolute atomic E-state index is 0.0852. The lowest BCUT2D eigenvalue weighted by Gasteiger charge is -2.15. The van der Waals surface area contributed by atoms with Crippen LogP contribution in [0.1, 0.15) is 18.5 Å². The predicted molar refractivity (Wildman–Crippen MR) is 89.3 cm³/mol. The third-order valence-corrected chi connectivity index (χ3v) is 5.35. The Balaban J connectivity index is 2.01. The first kappa shape index (κ1) is 14.4. The van der Waals surface area contributed by atoms with Gasteiger partial charge in [-0.1, -0.05) is 30.0 Å². The van der Waals surface area contributed by atoms with Crippen LogP contribution in [-0.4, -0.2) is 12.1 Å². The molecule has 3 nitrogen and oxygen atoms in total. The van der Waals surface area contributed by atoms with Crippen molar-refractivity contribution >= 4 is 33.3 Å². The molecule has 3 aromatic rings. The summed E-state index contributed by atoms with van der Waals surface area (Å²) < 4.78 is 7.65. The molecule has 0 fully saturated rings. The topological polar surface area (TPSA) is 48.1 Å². The SMILES string of the molecule is COc1cccc(Sc2nc3ccccc3s2)c1[C@@H](C)N. The van der Waals surface area contributed by atoms with Gasteiger partial charge in [-0.15, -0.1) is 11.3 Å². The molecule has 5 heteroatoms. The summed E-state index contributed by atoms with van der Waals surface area (Å²) in [7, 11) is 1.67. The van der Waals surface area contributed by atoms with Crippen LogP contribution in [0, 0.1) is 0 Å². The van der Waals surface area contributed by atoms with E-state index in [-0.39, 0.29) is 6.04 Å². The summed E-state index contributed by atoms with van der Waals surface area (Å²) in [6, 6.07) is 14.1. The number of ether oxygens (including phenoxy) is 1. The molecular formula is C16H16N2OS2. The van der Waals surface area contributed by atoms with Gasteiger partial charge in [-0.3, -0.25) is 0 Å². The molecule has 1 heterocycles. The third kappa shape index (κ3) is 2.90. The van der Waals surface area contributed by atoms with Crippen molar-refractivity contribution < 1.29 is 4.74 Å². The molecule has 0 amide bonds. The van der Waals surface area contributed by atoms with Crippen LogP contribution < -0.4 is 10.5 Å². The van der Waals surface area contributed by atoms with Crippen LogP contribution in [0.2, 0.25) is 0 Å². The number of hydrogen-bond donors (Lipinski definition) is 1. The molecule has 0 unspecified atom stereocenters. The summed E-state index contributed by atoms with van der Waals surface area (Å²) in [5.74, 6) is 0.830. The Kier molecular flexibility index (Phi) is 4.14. The minimum Gasteiger partial charge on any atom is -0.496 e. The second-order valence-electron chi connectivity index (χ2n) is 4.71. The molecule has 0 aliphatic rings. The van der Waals surface area contributed by atoms with Crippen molar-refractivity contribution in [2.24, 2.45) is 5.73 Å². The maximum Gasteiger partial charge on any atom is 0.155 e. The minimum atomic E-state index is -0.0852. The Morgan fingerprint density at radius 2 is 2.00 bits per heavy atom. The maximum atomic E-state index is 6.11. The first-order valence-corrected chi connectivity index (χ1v) is 8.28. The van der Waals surface area contributed by atoms with E-state index in [0.29, 0.717) is 0 Å².